The van der Waals surface area contributed by atoms with Crippen LogP contribution < -0.4 is 0 Å². The van der Waals surface area contributed by atoms with Crippen LogP contribution in [0.2, 0.25) is 0 Å². The predicted molar refractivity (Wildman–Crippen MR) is 53.3 cm³/mol. The first kappa shape index (κ1) is 13.2. The van der Waals surface area contributed by atoms with E-state index in [9.17, 15) is 0 Å². The molecule has 77 valence electrons. The Hall–Kier alpha value is 0.162. The van der Waals surface area contributed by atoms with Gasteiger partial charge in [-0.2, -0.15) is 0 Å². The third-order valence-corrected chi connectivity index (χ3v) is 2.28. The van der Waals surface area contributed by atoms with Gasteiger partial charge < -0.3 is 10.2 Å². The fraction of sp³-hybridized carbons (Fsp3) is 0.800. The Morgan fingerprint density at radius 3 is 2.38 bits per heavy atom. The Morgan fingerprint density at radius 1 is 1.46 bits per heavy atom. The van der Waals surface area contributed by atoms with Gasteiger partial charge in [0.05, 0.1) is 0 Å². The van der Waals surface area contributed by atoms with Crippen LogP contribution in [0.25, 0.3) is 5.32 Å². The quantitative estimate of drug-likeness (QED) is 0.708. The average Bonchev–Trinajstić information content (AvgIpc) is 1.94. The summed E-state index contributed by atoms with van der Waals surface area (Å²) in [5.41, 5.74) is 1.26. The number of piperazine rings is 1. The maximum atomic E-state index is 4.53. The molecule has 1 saturated heterocycles. The summed E-state index contributed by atoms with van der Waals surface area (Å²) in [6.45, 7) is 14.6. The standard InChI is InChI=1S/C10H19N2.Re/c1-8(2)12-7-10(4,5)11-6-9(12)3;/h8H,3,6-7H2,1-2,4-5H3;/q-1;. The topological polar surface area (TPSA) is 17.3 Å². The molecule has 0 aromatic carbocycles. The van der Waals surface area contributed by atoms with Crippen LogP contribution in [-0.4, -0.2) is 29.6 Å². The molecule has 1 heterocycles. The zero-order valence-electron chi connectivity index (χ0n) is 8.97. The van der Waals surface area contributed by atoms with Crippen LogP contribution >= 0.6 is 0 Å². The summed E-state index contributed by atoms with van der Waals surface area (Å²) < 4.78 is 0. The summed E-state index contributed by atoms with van der Waals surface area (Å²) in [4.78, 5) is 2.34. The van der Waals surface area contributed by atoms with Crippen molar-refractivity contribution in [3.63, 3.8) is 0 Å². The van der Waals surface area contributed by atoms with Crippen LogP contribution in [-0.2, 0) is 20.4 Å². The molecule has 1 aliphatic rings. The van der Waals surface area contributed by atoms with E-state index in [0.717, 1.165) is 18.8 Å². The van der Waals surface area contributed by atoms with E-state index in [2.05, 4.69) is 44.5 Å². The smallest absolute Gasteiger partial charge is 0.0228 e. The van der Waals surface area contributed by atoms with Crippen molar-refractivity contribution in [2.24, 2.45) is 0 Å². The minimum absolute atomic E-state index is 0. The molecule has 0 atom stereocenters. The van der Waals surface area contributed by atoms with Crippen LogP contribution in [0.15, 0.2) is 12.3 Å². The zero-order chi connectivity index (χ0) is 9.35. The van der Waals surface area contributed by atoms with Crippen LogP contribution in [0, 0.1) is 0 Å². The maximum absolute atomic E-state index is 4.53. The maximum Gasteiger partial charge on any atom is 0.0228 e. The van der Waals surface area contributed by atoms with Crippen LogP contribution in [0.4, 0.5) is 0 Å². The van der Waals surface area contributed by atoms with E-state index in [1.54, 1.807) is 0 Å². The van der Waals surface area contributed by atoms with Crippen LogP contribution in [0.5, 0.6) is 0 Å². The summed E-state index contributed by atoms with van der Waals surface area (Å²) in [6.07, 6.45) is 0. The van der Waals surface area contributed by atoms with Gasteiger partial charge in [0, 0.05) is 33.0 Å². The molecule has 0 saturated carbocycles. The molecule has 1 fully saturated rings. The van der Waals surface area contributed by atoms with Crippen molar-refractivity contribution in [1.82, 2.24) is 4.90 Å². The van der Waals surface area contributed by atoms with Gasteiger partial charge >= 0.3 is 0 Å². The monoisotopic (exact) mass is 354 g/mol. The summed E-state index contributed by atoms with van der Waals surface area (Å²) >= 11 is 0. The normalized spacial score (nSPS) is 21.6. The first-order chi connectivity index (χ1) is 5.42. The Kier molecular flexibility index (Phi) is 4.65. The van der Waals surface area contributed by atoms with E-state index in [1.165, 1.54) is 0 Å². The molecule has 3 heteroatoms. The first-order valence-electron chi connectivity index (χ1n) is 4.55. The van der Waals surface area contributed by atoms with Crippen molar-refractivity contribution in [3.05, 3.63) is 17.6 Å². The third kappa shape index (κ3) is 3.42. The zero-order valence-corrected chi connectivity index (χ0v) is 11.7. The van der Waals surface area contributed by atoms with Gasteiger partial charge in [0.25, 0.3) is 0 Å². The third-order valence-electron chi connectivity index (χ3n) is 2.28. The number of hydrogen-bond acceptors (Lipinski definition) is 1. The Bertz CT molecular complexity index is 187. The Balaban J connectivity index is 0.00000144. The molecule has 13 heavy (non-hydrogen) atoms. The average molecular weight is 353 g/mol. The summed E-state index contributed by atoms with van der Waals surface area (Å²) in [5.74, 6) is 0. The van der Waals surface area contributed by atoms with Crippen molar-refractivity contribution >= 4 is 0 Å². The summed E-state index contributed by atoms with van der Waals surface area (Å²) in [6, 6.07) is 0.548. The Morgan fingerprint density at radius 2 is 2.00 bits per heavy atom. The van der Waals surface area contributed by atoms with Crippen molar-refractivity contribution in [3.8, 4) is 0 Å². The molecule has 2 nitrogen and oxygen atoms in total. The van der Waals surface area contributed by atoms with Gasteiger partial charge in [0.1, 0.15) is 0 Å². The van der Waals surface area contributed by atoms with E-state index in [1.807, 2.05) is 0 Å². The van der Waals surface area contributed by atoms with E-state index < -0.39 is 0 Å². The molecule has 0 aliphatic carbocycles. The van der Waals surface area contributed by atoms with Crippen LogP contribution in [0.3, 0.4) is 0 Å². The van der Waals surface area contributed by atoms with E-state index in [4.69, 9.17) is 0 Å². The van der Waals surface area contributed by atoms with Gasteiger partial charge in [-0.1, -0.05) is 20.4 Å². The SMILES string of the molecule is C=C1C[N-]C(C)(C)CN1C(C)C.[Re]. The van der Waals surface area contributed by atoms with Gasteiger partial charge in [-0.3, -0.25) is 0 Å². The fourth-order valence-electron chi connectivity index (χ4n) is 1.52. The molecule has 0 spiro atoms. The van der Waals surface area contributed by atoms with Crippen molar-refractivity contribution < 1.29 is 20.4 Å². The van der Waals surface area contributed by atoms with Gasteiger partial charge in [-0.25, -0.2) is 0 Å². The Labute approximate surface area is 95.4 Å². The van der Waals surface area contributed by atoms with Crippen molar-refractivity contribution in [2.45, 2.75) is 39.3 Å². The molecule has 0 bridgehead atoms. The summed E-state index contributed by atoms with van der Waals surface area (Å²) in [7, 11) is 0. The van der Waals surface area contributed by atoms with E-state index in [-0.39, 0.29) is 26.0 Å². The minimum Gasteiger partial charge on any atom is -0.651 e. The molecule has 0 amide bonds. The van der Waals surface area contributed by atoms with E-state index >= 15 is 0 Å². The first-order valence-corrected chi connectivity index (χ1v) is 4.55. The van der Waals surface area contributed by atoms with Crippen LogP contribution in [0.1, 0.15) is 27.7 Å². The predicted octanol–water partition coefficient (Wildman–Crippen LogP) is 2.37. The van der Waals surface area contributed by atoms with Gasteiger partial charge in [0.15, 0.2) is 0 Å². The second-order valence-electron chi connectivity index (χ2n) is 4.42. The van der Waals surface area contributed by atoms with Gasteiger partial charge in [-0.15, -0.1) is 12.1 Å². The van der Waals surface area contributed by atoms with E-state index in [0.29, 0.717) is 6.04 Å². The summed E-state index contributed by atoms with van der Waals surface area (Å²) in [5, 5.41) is 4.53. The fourth-order valence-corrected chi connectivity index (χ4v) is 1.52. The molecule has 0 aromatic heterocycles. The molecule has 0 unspecified atom stereocenters. The molecule has 0 N–H and O–H groups in total. The van der Waals surface area contributed by atoms with Crippen molar-refractivity contribution in [1.29, 1.82) is 0 Å². The number of hydrogen-bond donors (Lipinski definition) is 0. The molecule has 0 aromatic rings. The molecule has 1 radical (unpaired) electrons. The van der Waals surface area contributed by atoms with Gasteiger partial charge in [-0.05, 0) is 19.5 Å². The molecular formula is C10H19N2Re-. The number of nitrogens with zero attached hydrogens (tertiary/aromatic N) is 2. The largest absolute Gasteiger partial charge is 0.651 e. The number of rotatable bonds is 1. The van der Waals surface area contributed by atoms with Gasteiger partial charge in [0.2, 0.25) is 0 Å². The molecule has 1 aliphatic heterocycles. The second-order valence-corrected chi connectivity index (χ2v) is 4.42. The minimum atomic E-state index is 0. The molecular weight excluding hydrogens is 334 g/mol. The molecule has 1 rings (SSSR count). The van der Waals surface area contributed by atoms with Crippen molar-refractivity contribution in [2.75, 3.05) is 13.1 Å². The second kappa shape index (κ2) is 4.59.